The third-order valence-electron chi connectivity index (χ3n) is 4.43. The first-order chi connectivity index (χ1) is 13.5. The number of methoxy groups -OCH3 is 1. The molecule has 0 amide bonds. The zero-order chi connectivity index (χ0) is 19.8. The van der Waals surface area contributed by atoms with Crippen LogP contribution in [0.2, 0.25) is 0 Å². The lowest BCUT2D eigenvalue weighted by Crippen LogP contribution is -2.11. The Morgan fingerprint density at radius 2 is 2.04 bits per heavy atom. The van der Waals surface area contributed by atoms with E-state index in [9.17, 15) is 15.2 Å². The van der Waals surface area contributed by atoms with E-state index in [1.807, 2.05) is 6.07 Å². The Balaban J connectivity index is 1.84. The van der Waals surface area contributed by atoms with Gasteiger partial charge in [-0.15, -0.1) is 0 Å². The number of rotatable bonds is 3. The molecule has 4 rings (SSSR count). The van der Waals surface area contributed by atoms with E-state index in [2.05, 4.69) is 9.97 Å². The molecule has 0 aliphatic carbocycles. The van der Waals surface area contributed by atoms with Crippen LogP contribution in [0.15, 0.2) is 48.7 Å². The Morgan fingerprint density at radius 1 is 1.29 bits per heavy atom. The van der Waals surface area contributed by atoms with Crippen molar-refractivity contribution in [2.45, 2.75) is 0 Å². The number of hydrogen-bond donors (Lipinski definition) is 3. The molecule has 0 saturated carbocycles. The Morgan fingerprint density at radius 3 is 2.71 bits per heavy atom. The highest BCUT2D eigenvalue weighted by molar-refractivity contribution is 5.96. The molecule has 0 radical (unpaired) electrons. The SMILES string of the molecule is COC(=O)c1c(N)c(C#N)cn1-c1ccc2nc(-c3ccc(O)cc3)[nH]c2c1. The summed E-state index contributed by atoms with van der Waals surface area (Å²) in [5.74, 6) is 0.189. The molecule has 0 spiro atoms. The van der Waals surface area contributed by atoms with E-state index >= 15 is 0 Å². The summed E-state index contributed by atoms with van der Waals surface area (Å²) in [7, 11) is 1.26. The summed E-state index contributed by atoms with van der Waals surface area (Å²) < 4.78 is 6.33. The average Bonchev–Trinajstić information content (AvgIpc) is 3.28. The number of anilines is 1. The number of carbonyl (C=O) groups is 1. The summed E-state index contributed by atoms with van der Waals surface area (Å²) >= 11 is 0. The number of nitriles is 1. The fraction of sp³-hybridized carbons (Fsp3) is 0.0500. The number of aromatic hydroxyl groups is 1. The quantitative estimate of drug-likeness (QED) is 0.473. The van der Waals surface area contributed by atoms with Crippen molar-refractivity contribution >= 4 is 22.7 Å². The number of benzene rings is 2. The first-order valence-electron chi connectivity index (χ1n) is 8.30. The van der Waals surface area contributed by atoms with Crippen molar-refractivity contribution in [3.05, 3.63) is 59.9 Å². The fourth-order valence-electron chi connectivity index (χ4n) is 3.02. The maximum Gasteiger partial charge on any atom is 0.357 e. The topological polar surface area (TPSA) is 130 Å². The lowest BCUT2D eigenvalue weighted by molar-refractivity contribution is 0.0593. The van der Waals surface area contributed by atoms with Crippen LogP contribution < -0.4 is 5.73 Å². The molecule has 0 saturated heterocycles. The number of esters is 1. The van der Waals surface area contributed by atoms with Gasteiger partial charge in [-0.2, -0.15) is 5.26 Å². The summed E-state index contributed by atoms with van der Waals surface area (Å²) in [4.78, 5) is 19.9. The minimum atomic E-state index is -0.631. The predicted octanol–water partition coefficient (Wildman–Crippen LogP) is 2.97. The molecular formula is C20H15N5O3. The molecule has 28 heavy (non-hydrogen) atoms. The lowest BCUT2D eigenvalue weighted by Gasteiger charge is -2.08. The average molecular weight is 373 g/mol. The Labute approximate surface area is 159 Å². The van der Waals surface area contributed by atoms with Crippen molar-refractivity contribution in [1.82, 2.24) is 14.5 Å². The van der Waals surface area contributed by atoms with Gasteiger partial charge in [-0.1, -0.05) is 0 Å². The molecule has 4 N–H and O–H groups in total. The first-order valence-corrected chi connectivity index (χ1v) is 8.30. The number of phenolic OH excluding ortho intramolecular Hbond substituents is 1. The van der Waals surface area contributed by atoms with Crippen LogP contribution >= 0.6 is 0 Å². The predicted molar refractivity (Wildman–Crippen MR) is 103 cm³/mol. The Bertz CT molecular complexity index is 1250. The van der Waals surface area contributed by atoms with Crippen LogP contribution in [0.4, 0.5) is 5.69 Å². The molecule has 2 heterocycles. The van der Waals surface area contributed by atoms with Crippen molar-refractivity contribution in [2.24, 2.45) is 0 Å². The molecule has 4 aromatic rings. The van der Waals surface area contributed by atoms with Gasteiger partial charge in [-0.3, -0.25) is 0 Å². The maximum absolute atomic E-state index is 12.2. The van der Waals surface area contributed by atoms with Crippen molar-refractivity contribution in [2.75, 3.05) is 12.8 Å². The van der Waals surface area contributed by atoms with Gasteiger partial charge in [0.05, 0.1) is 29.4 Å². The number of nitrogens with two attached hydrogens (primary N) is 1. The second kappa shape index (κ2) is 6.48. The summed E-state index contributed by atoms with van der Waals surface area (Å²) in [6.07, 6.45) is 1.50. The number of nitrogen functional groups attached to an aromatic ring is 1. The summed E-state index contributed by atoms with van der Waals surface area (Å²) in [5.41, 5.74) is 9.22. The largest absolute Gasteiger partial charge is 0.508 e. The van der Waals surface area contributed by atoms with Crippen LogP contribution in [0.1, 0.15) is 16.1 Å². The van der Waals surface area contributed by atoms with Gasteiger partial charge in [-0.05, 0) is 42.5 Å². The number of phenols is 1. The summed E-state index contributed by atoms with van der Waals surface area (Å²) in [6, 6.07) is 14.0. The number of imidazole rings is 1. The molecule has 0 unspecified atom stereocenters. The third kappa shape index (κ3) is 2.71. The number of carbonyl (C=O) groups excluding carboxylic acids is 1. The number of ether oxygens (including phenoxy) is 1. The van der Waals surface area contributed by atoms with Gasteiger partial charge in [0.15, 0.2) is 5.69 Å². The van der Waals surface area contributed by atoms with E-state index < -0.39 is 5.97 Å². The van der Waals surface area contributed by atoms with Gasteiger partial charge >= 0.3 is 5.97 Å². The van der Waals surface area contributed by atoms with Crippen molar-refractivity contribution in [3.8, 4) is 28.9 Å². The van der Waals surface area contributed by atoms with E-state index in [1.165, 1.54) is 17.9 Å². The first kappa shape index (κ1) is 17.2. The van der Waals surface area contributed by atoms with E-state index in [0.29, 0.717) is 11.5 Å². The number of H-pyrrole nitrogens is 1. The van der Waals surface area contributed by atoms with E-state index in [1.54, 1.807) is 42.5 Å². The smallest absolute Gasteiger partial charge is 0.357 e. The molecule has 0 aliphatic rings. The van der Waals surface area contributed by atoms with Gasteiger partial charge in [0.1, 0.15) is 17.6 Å². The number of nitrogens with zero attached hydrogens (tertiary/aromatic N) is 3. The molecule has 0 aliphatic heterocycles. The van der Waals surface area contributed by atoms with Crippen molar-refractivity contribution in [1.29, 1.82) is 5.26 Å². The highest BCUT2D eigenvalue weighted by atomic mass is 16.5. The van der Waals surface area contributed by atoms with Crippen LogP contribution in [0.5, 0.6) is 5.75 Å². The van der Waals surface area contributed by atoms with Gasteiger partial charge in [0.2, 0.25) is 0 Å². The Hall–Kier alpha value is -4.25. The molecule has 2 aromatic carbocycles. The van der Waals surface area contributed by atoms with Crippen LogP contribution in [0.25, 0.3) is 28.1 Å². The number of nitrogens with one attached hydrogen (secondary N) is 1. The van der Waals surface area contributed by atoms with Gasteiger partial charge in [-0.25, -0.2) is 9.78 Å². The normalized spacial score (nSPS) is 10.7. The van der Waals surface area contributed by atoms with Crippen LogP contribution in [0.3, 0.4) is 0 Å². The Kier molecular flexibility index (Phi) is 3.98. The van der Waals surface area contributed by atoms with Gasteiger partial charge in [0.25, 0.3) is 0 Å². The van der Waals surface area contributed by atoms with Crippen LogP contribution in [-0.2, 0) is 4.74 Å². The molecule has 8 heteroatoms. The fourth-order valence-corrected chi connectivity index (χ4v) is 3.02. The van der Waals surface area contributed by atoms with Crippen molar-refractivity contribution in [3.63, 3.8) is 0 Å². The minimum Gasteiger partial charge on any atom is -0.508 e. The van der Waals surface area contributed by atoms with Gasteiger partial charge in [0, 0.05) is 17.4 Å². The molecule has 0 atom stereocenters. The van der Waals surface area contributed by atoms with Crippen LogP contribution in [0, 0.1) is 11.3 Å². The minimum absolute atomic E-state index is 0.0730. The monoisotopic (exact) mass is 373 g/mol. The molecule has 2 aromatic heterocycles. The van der Waals surface area contributed by atoms with Crippen molar-refractivity contribution < 1.29 is 14.6 Å². The lowest BCUT2D eigenvalue weighted by atomic mass is 10.2. The van der Waals surface area contributed by atoms with E-state index in [-0.39, 0.29) is 22.7 Å². The van der Waals surface area contributed by atoms with E-state index in [0.717, 1.165) is 16.6 Å². The standard InChI is InChI=1S/C20H15N5O3/c1-28-20(27)18-17(22)12(9-21)10-25(18)13-4-7-15-16(8-13)24-19(23-15)11-2-5-14(26)6-3-11/h2-8,10,26H,22H2,1H3,(H,23,24). The zero-order valence-electron chi connectivity index (χ0n) is 14.8. The highest BCUT2D eigenvalue weighted by Gasteiger charge is 2.22. The number of fused-ring (bicyclic) bond motifs is 1. The number of aromatic nitrogens is 3. The summed E-state index contributed by atoms with van der Waals surface area (Å²) in [6.45, 7) is 0. The molecule has 0 bridgehead atoms. The molecule has 8 nitrogen and oxygen atoms in total. The number of aromatic amines is 1. The second-order valence-electron chi connectivity index (χ2n) is 6.11. The molecule has 0 fully saturated rings. The highest BCUT2D eigenvalue weighted by Crippen LogP contribution is 2.28. The maximum atomic E-state index is 12.2. The molecular weight excluding hydrogens is 358 g/mol. The van der Waals surface area contributed by atoms with Crippen LogP contribution in [-0.4, -0.2) is 32.7 Å². The van der Waals surface area contributed by atoms with E-state index in [4.69, 9.17) is 10.5 Å². The second-order valence-corrected chi connectivity index (χ2v) is 6.11. The van der Waals surface area contributed by atoms with Gasteiger partial charge < -0.3 is 25.1 Å². The number of hydrogen-bond acceptors (Lipinski definition) is 6. The third-order valence-corrected chi connectivity index (χ3v) is 4.43. The summed E-state index contributed by atoms with van der Waals surface area (Å²) in [5, 5.41) is 18.7. The zero-order valence-corrected chi connectivity index (χ0v) is 14.8. The molecule has 138 valence electrons.